The molecule has 3 aromatic rings. The van der Waals surface area contributed by atoms with E-state index in [1.807, 2.05) is 19.1 Å². The Morgan fingerprint density at radius 1 is 1.25 bits per heavy atom. The van der Waals surface area contributed by atoms with Crippen LogP contribution in [0.1, 0.15) is 30.5 Å². The highest BCUT2D eigenvalue weighted by Crippen LogP contribution is 2.25. The molecule has 0 aliphatic carbocycles. The Bertz CT molecular complexity index is 858. The van der Waals surface area contributed by atoms with E-state index in [1.54, 1.807) is 23.5 Å². The van der Waals surface area contributed by atoms with Gasteiger partial charge in [0, 0.05) is 5.69 Å². The molecule has 0 fully saturated rings. The molecule has 0 bridgehead atoms. The molecule has 0 saturated heterocycles. The Morgan fingerprint density at radius 2 is 2.00 bits per heavy atom. The number of thiazole rings is 1. The molecule has 1 atom stereocenters. The highest BCUT2D eigenvalue weighted by atomic mass is 32.1. The van der Waals surface area contributed by atoms with Gasteiger partial charge in [-0.15, -0.1) is 11.3 Å². The number of nitrogens with one attached hydrogen (secondary N) is 2. The molecule has 0 aliphatic rings. The van der Waals surface area contributed by atoms with Crippen molar-refractivity contribution in [2.24, 2.45) is 0 Å². The lowest BCUT2D eigenvalue weighted by atomic mass is 10.1. The number of aryl methyl sites for hydroxylation is 1. The maximum atomic E-state index is 13.0. The van der Waals surface area contributed by atoms with Crippen molar-refractivity contribution in [3.05, 3.63) is 58.9 Å². The van der Waals surface area contributed by atoms with E-state index in [4.69, 9.17) is 12.2 Å². The van der Waals surface area contributed by atoms with Gasteiger partial charge in [-0.2, -0.15) is 0 Å². The molecule has 1 heterocycles. The van der Waals surface area contributed by atoms with Crippen LogP contribution in [0.15, 0.2) is 42.5 Å². The fourth-order valence-electron chi connectivity index (χ4n) is 2.40. The van der Waals surface area contributed by atoms with E-state index in [0.717, 1.165) is 32.9 Å². The summed E-state index contributed by atoms with van der Waals surface area (Å²) in [6, 6.07) is 12.4. The zero-order chi connectivity index (χ0) is 17.1. The molecule has 0 radical (unpaired) electrons. The number of rotatable bonds is 4. The van der Waals surface area contributed by atoms with Crippen molar-refractivity contribution in [1.29, 1.82) is 0 Å². The summed E-state index contributed by atoms with van der Waals surface area (Å²) in [4.78, 5) is 4.56. The van der Waals surface area contributed by atoms with E-state index < -0.39 is 0 Å². The number of benzene rings is 2. The van der Waals surface area contributed by atoms with E-state index >= 15 is 0 Å². The lowest BCUT2D eigenvalue weighted by Gasteiger charge is -2.17. The first-order valence-electron chi connectivity index (χ1n) is 7.77. The van der Waals surface area contributed by atoms with Crippen LogP contribution in [-0.4, -0.2) is 10.1 Å². The molecule has 3 rings (SSSR count). The van der Waals surface area contributed by atoms with Gasteiger partial charge in [0.25, 0.3) is 0 Å². The van der Waals surface area contributed by atoms with Crippen LogP contribution in [-0.2, 0) is 6.42 Å². The summed E-state index contributed by atoms with van der Waals surface area (Å²) >= 11 is 7.08. The summed E-state index contributed by atoms with van der Waals surface area (Å²) in [6.07, 6.45) is 0.942. The van der Waals surface area contributed by atoms with Gasteiger partial charge in [-0.05, 0) is 61.5 Å². The first kappa shape index (κ1) is 16.8. The van der Waals surface area contributed by atoms with Crippen molar-refractivity contribution in [3.8, 4) is 0 Å². The average molecular weight is 359 g/mol. The topological polar surface area (TPSA) is 37.0 Å². The van der Waals surface area contributed by atoms with Gasteiger partial charge >= 0.3 is 0 Å². The number of halogens is 1. The van der Waals surface area contributed by atoms with Gasteiger partial charge in [-0.25, -0.2) is 9.37 Å². The van der Waals surface area contributed by atoms with Gasteiger partial charge in [0.2, 0.25) is 0 Å². The minimum absolute atomic E-state index is 0.00979. The molecule has 2 aromatic carbocycles. The first-order chi connectivity index (χ1) is 11.5. The summed E-state index contributed by atoms with van der Waals surface area (Å²) < 4.78 is 14.1. The fraction of sp³-hybridized carbons (Fsp3) is 0.222. The molecule has 0 spiro atoms. The van der Waals surface area contributed by atoms with Gasteiger partial charge in [0.1, 0.15) is 5.82 Å². The normalized spacial score (nSPS) is 12.1. The van der Waals surface area contributed by atoms with Gasteiger partial charge in [0.05, 0.1) is 21.3 Å². The molecule has 1 aromatic heterocycles. The monoisotopic (exact) mass is 359 g/mol. The Kier molecular flexibility index (Phi) is 5.06. The van der Waals surface area contributed by atoms with Crippen LogP contribution in [0.5, 0.6) is 0 Å². The molecule has 24 heavy (non-hydrogen) atoms. The fourth-order valence-corrected chi connectivity index (χ4v) is 3.64. The Morgan fingerprint density at radius 3 is 2.71 bits per heavy atom. The van der Waals surface area contributed by atoms with E-state index in [2.05, 4.69) is 28.6 Å². The second-order valence-electron chi connectivity index (χ2n) is 5.52. The third-order valence-electron chi connectivity index (χ3n) is 3.71. The zero-order valence-electron chi connectivity index (χ0n) is 13.5. The zero-order valence-corrected chi connectivity index (χ0v) is 15.1. The maximum absolute atomic E-state index is 13.0. The highest BCUT2D eigenvalue weighted by molar-refractivity contribution is 7.80. The standard InChI is InChI=1S/C18H18FN3S2/c1-3-17-22-15-9-8-14(10-16(15)24-17)21-18(23)20-11(2)12-4-6-13(19)7-5-12/h4-11H,3H2,1-2H3,(H2,20,21,23)/t11-/m1/s1. The highest BCUT2D eigenvalue weighted by Gasteiger charge is 2.08. The van der Waals surface area contributed by atoms with Crippen molar-refractivity contribution < 1.29 is 4.39 Å². The Labute approximate surface area is 149 Å². The van der Waals surface area contributed by atoms with Crippen molar-refractivity contribution in [3.63, 3.8) is 0 Å². The first-order valence-corrected chi connectivity index (χ1v) is 9.00. The number of anilines is 1. The number of thiocarbonyl (C=S) groups is 1. The second kappa shape index (κ2) is 7.23. The van der Waals surface area contributed by atoms with Crippen molar-refractivity contribution in [1.82, 2.24) is 10.3 Å². The minimum atomic E-state index is -0.240. The lowest BCUT2D eigenvalue weighted by molar-refractivity contribution is 0.624. The summed E-state index contributed by atoms with van der Waals surface area (Å²) in [5.74, 6) is -0.240. The van der Waals surface area contributed by atoms with Crippen LogP contribution in [0.25, 0.3) is 10.2 Å². The van der Waals surface area contributed by atoms with E-state index in [9.17, 15) is 4.39 Å². The predicted octanol–water partition coefficient (Wildman–Crippen LogP) is 5.05. The SMILES string of the molecule is CCc1nc2ccc(NC(=S)N[C@H](C)c3ccc(F)cc3)cc2s1. The van der Waals surface area contributed by atoms with Crippen molar-refractivity contribution in [2.45, 2.75) is 26.3 Å². The summed E-state index contributed by atoms with van der Waals surface area (Å²) in [5.41, 5.74) is 2.92. The average Bonchev–Trinajstić information content (AvgIpc) is 2.97. The number of fused-ring (bicyclic) bond motifs is 1. The smallest absolute Gasteiger partial charge is 0.171 e. The molecule has 3 nitrogen and oxygen atoms in total. The minimum Gasteiger partial charge on any atom is -0.356 e. The van der Waals surface area contributed by atoms with E-state index in [-0.39, 0.29) is 11.9 Å². The maximum Gasteiger partial charge on any atom is 0.171 e. The Balaban J connectivity index is 1.66. The number of hydrogen-bond acceptors (Lipinski definition) is 3. The van der Waals surface area contributed by atoms with Crippen molar-refractivity contribution in [2.75, 3.05) is 5.32 Å². The van der Waals surface area contributed by atoms with Crippen LogP contribution in [0.2, 0.25) is 0 Å². The van der Waals surface area contributed by atoms with Crippen LogP contribution < -0.4 is 10.6 Å². The van der Waals surface area contributed by atoms with Gasteiger partial charge in [-0.3, -0.25) is 0 Å². The second-order valence-corrected chi connectivity index (χ2v) is 7.04. The van der Waals surface area contributed by atoms with E-state index in [1.165, 1.54) is 12.1 Å². The number of nitrogens with zero attached hydrogens (tertiary/aromatic N) is 1. The van der Waals surface area contributed by atoms with Gasteiger partial charge < -0.3 is 10.6 Å². The third-order valence-corrected chi connectivity index (χ3v) is 5.09. The predicted molar refractivity (Wildman–Crippen MR) is 103 cm³/mol. The van der Waals surface area contributed by atoms with Crippen molar-refractivity contribution >= 4 is 44.6 Å². The molecule has 0 aliphatic heterocycles. The third kappa shape index (κ3) is 3.88. The number of hydrogen-bond donors (Lipinski definition) is 2. The molecular formula is C18H18FN3S2. The molecule has 0 amide bonds. The van der Waals surface area contributed by atoms with Crippen LogP contribution >= 0.6 is 23.6 Å². The summed E-state index contributed by atoms with van der Waals surface area (Å²) in [5, 5.41) is 8.08. The molecule has 124 valence electrons. The molecule has 0 unspecified atom stereocenters. The summed E-state index contributed by atoms with van der Waals surface area (Å²) in [7, 11) is 0. The lowest BCUT2D eigenvalue weighted by Crippen LogP contribution is -2.30. The molecular weight excluding hydrogens is 341 g/mol. The van der Waals surface area contributed by atoms with Crippen LogP contribution in [0.4, 0.5) is 10.1 Å². The quantitative estimate of drug-likeness (QED) is 0.640. The van der Waals surface area contributed by atoms with Gasteiger partial charge in [-0.1, -0.05) is 19.1 Å². The molecule has 2 N–H and O–H groups in total. The molecule has 0 saturated carbocycles. The van der Waals surface area contributed by atoms with Gasteiger partial charge in [0.15, 0.2) is 5.11 Å². The largest absolute Gasteiger partial charge is 0.356 e. The number of aromatic nitrogens is 1. The summed E-state index contributed by atoms with van der Waals surface area (Å²) in [6.45, 7) is 4.09. The van der Waals surface area contributed by atoms with Crippen LogP contribution in [0, 0.1) is 5.82 Å². The molecule has 6 heteroatoms. The van der Waals surface area contributed by atoms with E-state index in [0.29, 0.717) is 5.11 Å². The van der Waals surface area contributed by atoms with Crippen LogP contribution in [0.3, 0.4) is 0 Å². The Hall–Kier alpha value is -2.05.